The SMILES string of the molecule is O=P(O)(O)O[C@@H]1C(O)OC[C@@H](O)[C@H]1O. The Hall–Kier alpha value is -0.0500. The van der Waals surface area contributed by atoms with Crippen LogP contribution in [0.3, 0.4) is 0 Å². The smallest absolute Gasteiger partial charge is 0.388 e. The third kappa shape index (κ3) is 2.97. The minimum Gasteiger partial charge on any atom is -0.388 e. The van der Waals surface area contributed by atoms with Crippen LogP contribution in [0.15, 0.2) is 0 Å². The van der Waals surface area contributed by atoms with Gasteiger partial charge in [0, 0.05) is 0 Å². The van der Waals surface area contributed by atoms with Crippen LogP contribution >= 0.6 is 7.82 Å². The minimum atomic E-state index is -4.85. The molecule has 0 spiro atoms. The van der Waals surface area contributed by atoms with Crippen molar-refractivity contribution in [2.45, 2.75) is 24.6 Å². The molecule has 0 radical (unpaired) electrons. The number of phosphoric acid groups is 1. The molecule has 0 saturated carbocycles. The number of ether oxygens (including phenoxy) is 1. The highest BCUT2D eigenvalue weighted by atomic mass is 31.2. The summed E-state index contributed by atoms with van der Waals surface area (Å²) in [6.07, 6.45) is -6.30. The molecule has 1 heterocycles. The van der Waals surface area contributed by atoms with Crippen molar-refractivity contribution in [3.8, 4) is 0 Å². The van der Waals surface area contributed by atoms with Gasteiger partial charge in [0.15, 0.2) is 6.29 Å². The van der Waals surface area contributed by atoms with Gasteiger partial charge in [-0.1, -0.05) is 0 Å². The minimum absolute atomic E-state index is 0.330. The van der Waals surface area contributed by atoms with Gasteiger partial charge in [-0.3, -0.25) is 4.52 Å². The highest BCUT2D eigenvalue weighted by Gasteiger charge is 2.42. The first-order valence-electron chi connectivity index (χ1n) is 3.71. The second-order valence-corrected chi connectivity index (χ2v) is 4.03. The van der Waals surface area contributed by atoms with Crippen molar-refractivity contribution < 1.29 is 38.9 Å². The van der Waals surface area contributed by atoms with E-state index in [1.54, 1.807) is 0 Å². The predicted octanol–water partition coefficient (Wildman–Crippen LogP) is -2.47. The average molecular weight is 230 g/mol. The van der Waals surface area contributed by atoms with Crippen molar-refractivity contribution in [1.82, 2.24) is 0 Å². The topological polar surface area (TPSA) is 137 Å². The Labute approximate surface area is 78.9 Å². The van der Waals surface area contributed by atoms with Crippen LogP contribution in [0.4, 0.5) is 0 Å². The summed E-state index contributed by atoms with van der Waals surface area (Å²) in [6, 6.07) is 0. The summed E-state index contributed by atoms with van der Waals surface area (Å²) in [6.45, 7) is -0.330. The first kappa shape index (κ1) is 12.0. The molecule has 9 heteroatoms. The Kier molecular flexibility index (Phi) is 3.62. The fourth-order valence-corrected chi connectivity index (χ4v) is 1.60. The lowest BCUT2D eigenvalue weighted by atomic mass is 10.1. The summed E-state index contributed by atoms with van der Waals surface area (Å²) in [5, 5.41) is 27.3. The number of rotatable bonds is 2. The first-order valence-corrected chi connectivity index (χ1v) is 5.24. The van der Waals surface area contributed by atoms with Gasteiger partial charge in [-0.25, -0.2) is 4.57 Å². The van der Waals surface area contributed by atoms with Crippen LogP contribution in [0.5, 0.6) is 0 Å². The Morgan fingerprint density at radius 3 is 2.36 bits per heavy atom. The molecule has 0 bridgehead atoms. The van der Waals surface area contributed by atoms with Crippen LogP contribution in [0.1, 0.15) is 0 Å². The van der Waals surface area contributed by atoms with Gasteiger partial charge < -0.3 is 29.8 Å². The van der Waals surface area contributed by atoms with Crippen LogP contribution in [0, 0.1) is 0 Å². The van der Waals surface area contributed by atoms with E-state index in [-0.39, 0.29) is 6.61 Å². The summed E-state index contributed by atoms with van der Waals surface area (Å²) >= 11 is 0. The zero-order valence-electron chi connectivity index (χ0n) is 6.92. The Balaban J connectivity index is 2.68. The van der Waals surface area contributed by atoms with Gasteiger partial charge in [0.25, 0.3) is 0 Å². The summed E-state index contributed by atoms with van der Waals surface area (Å²) < 4.78 is 19.0. The van der Waals surface area contributed by atoms with Gasteiger partial charge in [0.2, 0.25) is 0 Å². The Morgan fingerprint density at radius 2 is 1.86 bits per heavy atom. The van der Waals surface area contributed by atoms with E-state index >= 15 is 0 Å². The van der Waals surface area contributed by atoms with E-state index in [2.05, 4.69) is 9.26 Å². The third-order valence-electron chi connectivity index (χ3n) is 1.71. The number of phosphoric ester groups is 1. The van der Waals surface area contributed by atoms with E-state index < -0.39 is 32.4 Å². The van der Waals surface area contributed by atoms with E-state index in [9.17, 15) is 9.67 Å². The molecular weight excluding hydrogens is 219 g/mol. The number of hydrogen-bond acceptors (Lipinski definition) is 6. The molecule has 4 atom stereocenters. The van der Waals surface area contributed by atoms with E-state index in [0.29, 0.717) is 0 Å². The van der Waals surface area contributed by atoms with Crippen LogP contribution < -0.4 is 0 Å². The third-order valence-corrected chi connectivity index (χ3v) is 2.23. The van der Waals surface area contributed by atoms with Crippen molar-refractivity contribution in [3.63, 3.8) is 0 Å². The predicted molar refractivity (Wildman–Crippen MR) is 40.9 cm³/mol. The van der Waals surface area contributed by atoms with Gasteiger partial charge in [-0.15, -0.1) is 0 Å². The summed E-state index contributed by atoms with van der Waals surface area (Å²) in [5.41, 5.74) is 0. The lowest BCUT2D eigenvalue weighted by molar-refractivity contribution is -0.247. The van der Waals surface area contributed by atoms with Crippen LogP contribution in [-0.2, 0) is 13.8 Å². The molecule has 84 valence electrons. The zero-order valence-corrected chi connectivity index (χ0v) is 7.82. The normalized spacial score (nSPS) is 39.8. The maximum atomic E-state index is 10.4. The molecule has 0 aromatic heterocycles. The Bertz CT molecular complexity index is 238. The molecule has 1 saturated heterocycles. The average Bonchev–Trinajstić information content (AvgIpc) is 2.04. The van der Waals surface area contributed by atoms with E-state index in [4.69, 9.17) is 20.0 Å². The molecule has 1 aliphatic heterocycles. The maximum absolute atomic E-state index is 10.4. The fraction of sp³-hybridized carbons (Fsp3) is 1.00. The molecule has 5 N–H and O–H groups in total. The number of aliphatic hydroxyl groups is 3. The molecule has 0 amide bonds. The molecule has 1 rings (SSSR count). The molecule has 1 fully saturated rings. The van der Waals surface area contributed by atoms with Crippen molar-refractivity contribution in [2.24, 2.45) is 0 Å². The van der Waals surface area contributed by atoms with Gasteiger partial charge >= 0.3 is 7.82 Å². The lowest BCUT2D eigenvalue weighted by Crippen LogP contribution is -2.53. The number of aliphatic hydroxyl groups excluding tert-OH is 3. The standard InChI is InChI=1S/C5H11O8P/c6-2-1-12-5(8)4(3(2)7)13-14(9,10)11/h2-8H,1H2,(H2,9,10,11)/t2-,3-,4+,5?/m1/s1. The molecule has 14 heavy (non-hydrogen) atoms. The summed E-state index contributed by atoms with van der Waals surface area (Å²) in [5.74, 6) is 0. The molecule has 1 aliphatic rings. The molecule has 1 unspecified atom stereocenters. The largest absolute Gasteiger partial charge is 0.470 e. The van der Waals surface area contributed by atoms with Crippen molar-refractivity contribution in [2.75, 3.05) is 6.61 Å². The van der Waals surface area contributed by atoms with Crippen LogP contribution in [-0.4, -0.2) is 56.3 Å². The van der Waals surface area contributed by atoms with Crippen LogP contribution in [0.25, 0.3) is 0 Å². The monoisotopic (exact) mass is 230 g/mol. The van der Waals surface area contributed by atoms with Gasteiger partial charge in [0.05, 0.1) is 6.61 Å². The highest BCUT2D eigenvalue weighted by Crippen LogP contribution is 2.40. The van der Waals surface area contributed by atoms with E-state index in [1.165, 1.54) is 0 Å². The molecule has 0 aromatic rings. The summed E-state index contributed by atoms with van der Waals surface area (Å²) in [7, 11) is -4.85. The Morgan fingerprint density at radius 1 is 1.29 bits per heavy atom. The maximum Gasteiger partial charge on any atom is 0.470 e. The van der Waals surface area contributed by atoms with Crippen molar-refractivity contribution in [3.05, 3.63) is 0 Å². The lowest BCUT2D eigenvalue weighted by Gasteiger charge is -2.34. The van der Waals surface area contributed by atoms with E-state index in [0.717, 1.165) is 0 Å². The molecule has 0 aliphatic carbocycles. The summed E-state index contributed by atoms with van der Waals surface area (Å²) in [4.78, 5) is 16.8. The van der Waals surface area contributed by atoms with Crippen molar-refractivity contribution >= 4 is 7.82 Å². The van der Waals surface area contributed by atoms with Crippen molar-refractivity contribution in [1.29, 1.82) is 0 Å². The number of hydrogen-bond donors (Lipinski definition) is 5. The van der Waals surface area contributed by atoms with Gasteiger partial charge in [-0.05, 0) is 0 Å². The first-order chi connectivity index (χ1) is 6.31. The van der Waals surface area contributed by atoms with Gasteiger partial charge in [-0.2, -0.15) is 0 Å². The van der Waals surface area contributed by atoms with E-state index in [1.807, 2.05) is 0 Å². The zero-order chi connectivity index (χ0) is 10.9. The molecule has 0 aromatic carbocycles. The second-order valence-electron chi connectivity index (χ2n) is 2.84. The second kappa shape index (κ2) is 4.21. The fourth-order valence-electron chi connectivity index (χ4n) is 1.05. The van der Waals surface area contributed by atoms with Gasteiger partial charge in [0.1, 0.15) is 18.3 Å². The van der Waals surface area contributed by atoms with Crippen LogP contribution in [0.2, 0.25) is 0 Å². The molecule has 8 nitrogen and oxygen atoms in total. The quantitative estimate of drug-likeness (QED) is 0.329. The molecular formula is C5H11O8P. The highest BCUT2D eigenvalue weighted by molar-refractivity contribution is 7.46.